The van der Waals surface area contributed by atoms with Gasteiger partial charge >= 0.3 is 0 Å². The normalized spacial score (nSPS) is 28.0. The fraction of sp³-hybridized carbons (Fsp3) is 0.615. The summed E-state index contributed by atoms with van der Waals surface area (Å²) in [5.41, 5.74) is 0. The predicted octanol–water partition coefficient (Wildman–Crippen LogP) is 0.223. The van der Waals surface area contributed by atoms with E-state index in [9.17, 15) is 8.42 Å². The van der Waals surface area contributed by atoms with Gasteiger partial charge in [-0.15, -0.1) is 0 Å². The first-order chi connectivity index (χ1) is 9.67. The van der Waals surface area contributed by atoms with Gasteiger partial charge in [-0.3, -0.25) is 9.88 Å². The van der Waals surface area contributed by atoms with E-state index in [1.807, 2.05) is 0 Å². The van der Waals surface area contributed by atoms with Crippen molar-refractivity contribution in [2.75, 3.05) is 26.3 Å². The van der Waals surface area contributed by atoms with E-state index in [0.717, 1.165) is 13.1 Å². The Morgan fingerprint density at radius 2 is 2.10 bits per heavy atom. The minimum atomic E-state index is -3.53. The minimum absolute atomic E-state index is 0.143. The molecule has 2 fully saturated rings. The summed E-state index contributed by atoms with van der Waals surface area (Å²) in [5.74, 6) is 0. The summed E-state index contributed by atoms with van der Waals surface area (Å²) in [5, 5.41) is 0. The van der Waals surface area contributed by atoms with Crippen LogP contribution >= 0.6 is 0 Å². The number of rotatable bonds is 4. The smallest absolute Gasteiger partial charge is 0.242 e. The number of ether oxygens (including phenoxy) is 1. The van der Waals surface area contributed by atoms with E-state index in [1.54, 1.807) is 18.3 Å². The zero-order valence-electron chi connectivity index (χ0n) is 11.2. The van der Waals surface area contributed by atoms with Crippen LogP contribution in [-0.4, -0.2) is 56.7 Å². The highest BCUT2D eigenvalue weighted by atomic mass is 32.2. The highest BCUT2D eigenvalue weighted by Gasteiger charge is 2.36. The second-order valence-electron chi connectivity index (χ2n) is 5.26. The molecule has 0 amide bonds. The van der Waals surface area contributed by atoms with Gasteiger partial charge in [-0.05, 0) is 38.1 Å². The molecule has 0 spiro atoms. The number of hydrogen-bond acceptors (Lipinski definition) is 5. The van der Waals surface area contributed by atoms with Gasteiger partial charge in [0.2, 0.25) is 10.0 Å². The van der Waals surface area contributed by atoms with Gasteiger partial charge in [0.1, 0.15) is 4.90 Å². The number of sulfonamides is 1. The lowest BCUT2D eigenvalue weighted by Gasteiger charge is -2.27. The first kappa shape index (κ1) is 13.9. The Kier molecular flexibility index (Phi) is 4.02. The lowest BCUT2D eigenvalue weighted by molar-refractivity contribution is 0.159. The Bertz CT molecular complexity index is 543. The first-order valence-corrected chi connectivity index (χ1v) is 8.39. The van der Waals surface area contributed by atoms with E-state index in [1.165, 1.54) is 19.0 Å². The van der Waals surface area contributed by atoms with Crippen LogP contribution in [0.2, 0.25) is 0 Å². The second-order valence-corrected chi connectivity index (χ2v) is 6.98. The molecule has 110 valence electrons. The van der Waals surface area contributed by atoms with Gasteiger partial charge < -0.3 is 4.74 Å². The number of pyridine rings is 1. The molecule has 2 saturated heterocycles. The molecule has 6 nitrogen and oxygen atoms in total. The van der Waals surface area contributed by atoms with Crippen molar-refractivity contribution in [2.24, 2.45) is 0 Å². The van der Waals surface area contributed by atoms with Crippen molar-refractivity contribution in [1.29, 1.82) is 0 Å². The third-order valence-electron chi connectivity index (χ3n) is 3.91. The van der Waals surface area contributed by atoms with Crippen molar-refractivity contribution >= 4 is 10.0 Å². The molecule has 3 rings (SSSR count). The number of aromatic nitrogens is 1. The Morgan fingerprint density at radius 3 is 2.80 bits per heavy atom. The van der Waals surface area contributed by atoms with Crippen molar-refractivity contribution in [3.8, 4) is 0 Å². The molecule has 20 heavy (non-hydrogen) atoms. The fourth-order valence-electron chi connectivity index (χ4n) is 2.86. The van der Waals surface area contributed by atoms with Crippen LogP contribution in [0.5, 0.6) is 0 Å². The summed E-state index contributed by atoms with van der Waals surface area (Å²) in [4.78, 5) is 6.39. The number of nitrogens with one attached hydrogen (secondary N) is 1. The van der Waals surface area contributed by atoms with Crippen LogP contribution in [0.4, 0.5) is 0 Å². The lowest BCUT2D eigenvalue weighted by Crippen LogP contribution is -2.50. The Hall–Kier alpha value is -1.02. The average Bonchev–Trinajstić information content (AvgIpc) is 3.10. The van der Waals surface area contributed by atoms with Gasteiger partial charge in [0, 0.05) is 12.4 Å². The zero-order chi connectivity index (χ0) is 14.0. The predicted molar refractivity (Wildman–Crippen MR) is 73.8 cm³/mol. The quantitative estimate of drug-likeness (QED) is 0.861. The van der Waals surface area contributed by atoms with Crippen LogP contribution in [0.1, 0.15) is 12.8 Å². The third kappa shape index (κ3) is 2.85. The van der Waals surface area contributed by atoms with E-state index >= 15 is 0 Å². The molecule has 0 aromatic carbocycles. The monoisotopic (exact) mass is 297 g/mol. The van der Waals surface area contributed by atoms with Crippen LogP contribution in [0.25, 0.3) is 0 Å². The number of likely N-dealkylation sites (tertiary alicyclic amines) is 1. The Morgan fingerprint density at radius 1 is 1.30 bits per heavy atom. The summed E-state index contributed by atoms with van der Waals surface area (Å²) in [6.07, 6.45) is 5.28. The minimum Gasteiger partial charge on any atom is -0.378 e. The first-order valence-electron chi connectivity index (χ1n) is 6.91. The number of hydrogen-bond donors (Lipinski definition) is 1. The van der Waals surface area contributed by atoms with E-state index in [2.05, 4.69) is 14.6 Å². The molecule has 2 atom stereocenters. The molecule has 1 aromatic heterocycles. The third-order valence-corrected chi connectivity index (χ3v) is 5.39. The summed E-state index contributed by atoms with van der Waals surface area (Å²) in [6, 6.07) is 3.13. The maximum atomic E-state index is 12.3. The van der Waals surface area contributed by atoms with Crippen LogP contribution < -0.4 is 4.72 Å². The van der Waals surface area contributed by atoms with Gasteiger partial charge in [0.25, 0.3) is 0 Å². The summed E-state index contributed by atoms with van der Waals surface area (Å²) >= 11 is 0. The van der Waals surface area contributed by atoms with E-state index in [-0.39, 0.29) is 17.0 Å². The maximum absolute atomic E-state index is 12.3. The van der Waals surface area contributed by atoms with Crippen molar-refractivity contribution in [2.45, 2.75) is 29.8 Å². The van der Waals surface area contributed by atoms with Crippen LogP contribution in [0, 0.1) is 0 Å². The summed E-state index contributed by atoms with van der Waals surface area (Å²) < 4.78 is 32.9. The van der Waals surface area contributed by atoms with Crippen molar-refractivity contribution in [1.82, 2.24) is 14.6 Å². The van der Waals surface area contributed by atoms with Gasteiger partial charge in [-0.2, -0.15) is 0 Å². The average molecular weight is 297 g/mol. The second kappa shape index (κ2) is 5.77. The Labute approximate surface area is 119 Å². The molecule has 1 aromatic rings. The molecule has 7 heteroatoms. The molecule has 0 radical (unpaired) electrons. The largest absolute Gasteiger partial charge is 0.378 e. The molecule has 0 saturated carbocycles. The van der Waals surface area contributed by atoms with Crippen molar-refractivity contribution in [3.05, 3.63) is 24.5 Å². The molecule has 2 aliphatic heterocycles. The van der Waals surface area contributed by atoms with Gasteiger partial charge in [0.15, 0.2) is 0 Å². The van der Waals surface area contributed by atoms with E-state index in [4.69, 9.17) is 4.74 Å². The summed E-state index contributed by atoms with van der Waals surface area (Å²) in [6.45, 7) is 3.08. The summed E-state index contributed by atoms with van der Waals surface area (Å²) in [7, 11) is -3.53. The highest BCUT2D eigenvalue weighted by Crippen LogP contribution is 2.20. The van der Waals surface area contributed by atoms with Crippen LogP contribution in [0.15, 0.2) is 29.4 Å². The molecule has 2 unspecified atom stereocenters. The molecule has 1 N–H and O–H groups in total. The molecule has 0 bridgehead atoms. The van der Waals surface area contributed by atoms with Crippen molar-refractivity contribution < 1.29 is 13.2 Å². The molecular weight excluding hydrogens is 278 g/mol. The van der Waals surface area contributed by atoms with E-state index in [0.29, 0.717) is 13.2 Å². The SMILES string of the molecule is O=S(=O)(NC1COCC1N1CCCC1)c1cccnc1. The van der Waals surface area contributed by atoms with E-state index < -0.39 is 10.0 Å². The topological polar surface area (TPSA) is 71.5 Å². The molecule has 3 heterocycles. The number of nitrogens with zero attached hydrogens (tertiary/aromatic N) is 2. The maximum Gasteiger partial charge on any atom is 0.242 e. The van der Waals surface area contributed by atoms with Crippen LogP contribution in [-0.2, 0) is 14.8 Å². The fourth-order valence-corrected chi connectivity index (χ4v) is 4.08. The van der Waals surface area contributed by atoms with Gasteiger partial charge in [0.05, 0.1) is 25.3 Å². The highest BCUT2D eigenvalue weighted by molar-refractivity contribution is 7.89. The standard InChI is InChI=1S/C13H19N3O3S/c17-20(18,11-4-3-5-14-8-11)15-12-9-19-10-13(12)16-6-1-2-7-16/h3-5,8,12-13,15H,1-2,6-7,9-10H2. The van der Waals surface area contributed by atoms with Gasteiger partial charge in [-0.25, -0.2) is 13.1 Å². The van der Waals surface area contributed by atoms with Gasteiger partial charge in [-0.1, -0.05) is 0 Å². The Balaban J connectivity index is 1.73. The molecular formula is C13H19N3O3S. The zero-order valence-corrected chi connectivity index (χ0v) is 12.1. The lowest BCUT2D eigenvalue weighted by atomic mass is 10.1. The van der Waals surface area contributed by atoms with Crippen LogP contribution in [0.3, 0.4) is 0 Å². The van der Waals surface area contributed by atoms with Crippen molar-refractivity contribution in [3.63, 3.8) is 0 Å². The molecule has 0 aliphatic carbocycles. The molecule has 2 aliphatic rings.